The Morgan fingerprint density at radius 1 is 1.24 bits per heavy atom. The van der Waals surface area contributed by atoms with Gasteiger partial charge in [-0.3, -0.25) is 4.79 Å². The van der Waals surface area contributed by atoms with Gasteiger partial charge in [0.15, 0.2) is 0 Å². The fourth-order valence-electron chi connectivity index (χ4n) is 1.78. The molecule has 0 aliphatic heterocycles. The predicted octanol–water partition coefficient (Wildman–Crippen LogP) is 3.40. The number of carbonyl (C=O) groups is 1. The number of anilines is 2. The Labute approximate surface area is 128 Å². The number of carbonyl (C=O) groups excluding carboxylic acids is 1. The Kier molecular flexibility index (Phi) is 5.51. The van der Waals surface area contributed by atoms with Crippen LogP contribution in [0.5, 0.6) is 5.75 Å². The number of thioether (sulfide) groups is 1. The summed E-state index contributed by atoms with van der Waals surface area (Å²) in [5.74, 6) is 1.48. The van der Waals surface area contributed by atoms with E-state index in [4.69, 9.17) is 10.5 Å². The molecule has 110 valence electrons. The fraction of sp³-hybridized carbons (Fsp3) is 0.188. The highest BCUT2D eigenvalue weighted by atomic mass is 32.2. The van der Waals surface area contributed by atoms with Crippen molar-refractivity contribution in [3.05, 3.63) is 48.5 Å². The molecule has 2 rings (SSSR count). The molecule has 0 fully saturated rings. The molecule has 0 saturated carbocycles. The first-order valence-electron chi connectivity index (χ1n) is 6.60. The lowest BCUT2D eigenvalue weighted by atomic mass is 10.2. The monoisotopic (exact) mass is 302 g/mol. The maximum absolute atomic E-state index is 11.9. The van der Waals surface area contributed by atoms with Crippen molar-refractivity contribution in [2.45, 2.75) is 11.3 Å². The molecule has 0 aliphatic rings. The molecule has 0 spiro atoms. The number of nitrogen functional groups attached to an aromatic ring is 1. The number of amides is 1. The zero-order valence-electron chi connectivity index (χ0n) is 11.8. The number of rotatable bonds is 6. The van der Waals surface area contributed by atoms with Gasteiger partial charge in [0.25, 0.3) is 0 Å². The zero-order chi connectivity index (χ0) is 15.1. The Bertz CT molecular complexity index is 617. The molecule has 0 bridgehead atoms. The van der Waals surface area contributed by atoms with Crippen LogP contribution in [-0.4, -0.2) is 18.8 Å². The second-order valence-corrected chi connectivity index (χ2v) is 5.58. The summed E-state index contributed by atoms with van der Waals surface area (Å²) in [6, 6.07) is 15.0. The second kappa shape index (κ2) is 7.59. The summed E-state index contributed by atoms with van der Waals surface area (Å²) < 4.78 is 5.17. The summed E-state index contributed by atoms with van der Waals surface area (Å²) in [6.07, 6.45) is 0.427. The standard InChI is InChI=1S/C16H18N2O2S/c1-20-12-5-4-6-13(11-12)21-10-9-16(19)18-15-8-3-2-7-14(15)17/h2-8,11H,9-10,17H2,1H3,(H,18,19). The highest BCUT2D eigenvalue weighted by molar-refractivity contribution is 7.99. The van der Waals surface area contributed by atoms with Crippen molar-refractivity contribution in [3.8, 4) is 5.75 Å². The fourth-order valence-corrected chi connectivity index (χ4v) is 2.67. The van der Waals surface area contributed by atoms with Crippen molar-refractivity contribution < 1.29 is 9.53 Å². The van der Waals surface area contributed by atoms with Crippen LogP contribution in [0.3, 0.4) is 0 Å². The zero-order valence-corrected chi connectivity index (χ0v) is 12.7. The summed E-state index contributed by atoms with van der Waals surface area (Å²) in [4.78, 5) is 13.0. The van der Waals surface area contributed by atoms with E-state index in [2.05, 4.69) is 5.32 Å². The van der Waals surface area contributed by atoms with Crippen molar-refractivity contribution in [1.82, 2.24) is 0 Å². The number of hydrogen-bond donors (Lipinski definition) is 2. The number of benzene rings is 2. The van der Waals surface area contributed by atoms with E-state index in [1.807, 2.05) is 36.4 Å². The molecule has 5 heteroatoms. The van der Waals surface area contributed by atoms with Gasteiger partial charge in [-0.1, -0.05) is 18.2 Å². The smallest absolute Gasteiger partial charge is 0.225 e. The summed E-state index contributed by atoms with van der Waals surface area (Å²) in [5.41, 5.74) is 7.02. The van der Waals surface area contributed by atoms with Gasteiger partial charge in [-0.25, -0.2) is 0 Å². The summed E-state index contributed by atoms with van der Waals surface area (Å²) in [5, 5.41) is 2.82. The van der Waals surface area contributed by atoms with Crippen LogP contribution in [0.1, 0.15) is 6.42 Å². The third kappa shape index (κ3) is 4.72. The molecule has 0 heterocycles. The van der Waals surface area contributed by atoms with Gasteiger partial charge in [0.05, 0.1) is 18.5 Å². The van der Waals surface area contributed by atoms with Crippen LogP contribution < -0.4 is 15.8 Å². The third-order valence-electron chi connectivity index (χ3n) is 2.87. The lowest BCUT2D eigenvalue weighted by molar-refractivity contribution is -0.115. The molecule has 2 aromatic rings. The molecule has 21 heavy (non-hydrogen) atoms. The molecule has 0 radical (unpaired) electrons. The van der Waals surface area contributed by atoms with E-state index >= 15 is 0 Å². The van der Waals surface area contributed by atoms with E-state index in [9.17, 15) is 4.79 Å². The highest BCUT2D eigenvalue weighted by Crippen LogP contribution is 2.23. The number of nitrogens with one attached hydrogen (secondary N) is 1. The van der Waals surface area contributed by atoms with Crippen LogP contribution >= 0.6 is 11.8 Å². The number of para-hydroxylation sites is 2. The van der Waals surface area contributed by atoms with Crippen LogP contribution in [0, 0.1) is 0 Å². The second-order valence-electron chi connectivity index (χ2n) is 4.41. The van der Waals surface area contributed by atoms with Crippen LogP contribution in [0.25, 0.3) is 0 Å². The van der Waals surface area contributed by atoms with E-state index in [0.29, 0.717) is 23.5 Å². The third-order valence-corrected chi connectivity index (χ3v) is 3.87. The normalized spacial score (nSPS) is 10.1. The molecule has 2 aromatic carbocycles. The molecule has 0 aromatic heterocycles. The Morgan fingerprint density at radius 3 is 2.81 bits per heavy atom. The first-order chi connectivity index (χ1) is 10.2. The molecule has 0 atom stereocenters. The average Bonchev–Trinajstić information content (AvgIpc) is 2.50. The Morgan fingerprint density at radius 2 is 2.05 bits per heavy atom. The van der Waals surface area contributed by atoms with E-state index in [1.54, 1.807) is 31.0 Å². The average molecular weight is 302 g/mol. The van der Waals surface area contributed by atoms with Crippen LogP contribution in [0.15, 0.2) is 53.4 Å². The predicted molar refractivity (Wildman–Crippen MR) is 87.8 cm³/mol. The van der Waals surface area contributed by atoms with E-state index < -0.39 is 0 Å². The lowest BCUT2D eigenvalue weighted by Crippen LogP contribution is -2.13. The molecule has 0 aliphatic carbocycles. The van der Waals surface area contributed by atoms with Gasteiger partial charge in [0, 0.05) is 17.1 Å². The quantitative estimate of drug-likeness (QED) is 0.634. The van der Waals surface area contributed by atoms with Gasteiger partial charge in [-0.2, -0.15) is 0 Å². The summed E-state index contributed by atoms with van der Waals surface area (Å²) >= 11 is 1.62. The summed E-state index contributed by atoms with van der Waals surface area (Å²) in [6.45, 7) is 0. The Balaban J connectivity index is 1.80. The molecule has 0 saturated heterocycles. The van der Waals surface area contributed by atoms with Gasteiger partial charge >= 0.3 is 0 Å². The number of nitrogens with two attached hydrogens (primary N) is 1. The van der Waals surface area contributed by atoms with E-state index in [1.165, 1.54) is 0 Å². The van der Waals surface area contributed by atoms with E-state index in [0.717, 1.165) is 10.6 Å². The largest absolute Gasteiger partial charge is 0.497 e. The minimum absolute atomic E-state index is 0.0386. The first kappa shape index (κ1) is 15.3. The molecular weight excluding hydrogens is 284 g/mol. The van der Waals surface area contributed by atoms with Crippen LogP contribution in [0.4, 0.5) is 11.4 Å². The minimum Gasteiger partial charge on any atom is -0.497 e. The highest BCUT2D eigenvalue weighted by Gasteiger charge is 2.05. The SMILES string of the molecule is COc1cccc(SCCC(=O)Nc2ccccc2N)c1. The van der Waals surface area contributed by atoms with Crippen molar-refractivity contribution in [2.24, 2.45) is 0 Å². The Hall–Kier alpha value is -2.14. The maximum atomic E-state index is 11.9. The van der Waals surface area contributed by atoms with Crippen molar-refractivity contribution >= 4 is 29.0 Å². The molecule has 4 nitrogen and oxygen atoms in total. The topological polar surface area (TPSA) is 64.3 Å². The van der Waals surface area contributed by atoms with Crippen LogP contribution in [0.2, 0.25) is 0 Å². The maximum Gasteiger partial charge on any atom is 0.225 e. The number of methoxy groups -OCH3 is 1. The first-order valence-corrected chi connectivity index (χ1v) is 7.59. The van der Waals surface area contributed by atoms with E-state index in [-0.39, 0.29) is 5.91 Å². The van der Waals surface area contributed by atoms with Crippen molar-refractivity contribution in [3.63, 3.8) is 0 Å². The van der Waals surface area contributed by atoms with Gasteiger partial charge in [-0.15, -0.1) is 11.8 Å². The molecule has 3 N–H and O–H groups in total. The van der Waals surface area contributed by atoms with Gasteiger partial charge in [0.2, 0.25) is 5.91 Å². The molecule has 1 amide bonds. The molecule has 0 unspecified atom stereocenters. The summed E-state index contributed by atoms with van der Waals surface area (Å²) in [7, 11) is 1.64. The number of ether oxygens (including phenoxy) is 1. The van der Waals surface area contributed by atoms with Gasteiger partial charge < -0.3 is 15.8 Å². The van der Waals surface area contributed by atoms with Crippen LogP contribution in [-0.2, 0) is 4.79 Å². The number of hydrogen-bond acceptors (Lipinski definition) is 4. The molecular formula is C16H18N2O2S. The van der Waals surface area contributed by atoms with Crippen molar-refractivity contribution in [1.29, 1.82) is 0 Å². The van der Waals surface area contributed by atoms with Crippen molar-refractivity contribution in [2.75, 3.05) is 23.9 Å². The van der Waals surface area contributed by atoms with Gasteiger partial charge in [0.1, 0.15) is 5.75 Å². The lowest BCUT2D eigenvalue weighted by Gasteiger charge is -2.08. The van der Waals surface area contributed by atoms with Gasteiger partial charge in [-0.05, 0) is 30.3 Å². The minimum atomic E-state index is -0.0386.